The molecule has 1 amide bonds. The lowest BCUT2D eigenvalue weighted by atomic mass is 9.85. The average Bonchev–Trinajstić information content (AvgIpc) is 3.45. The van der Waals surface area contributed by atoms with E-state index in [4.69, 9.17) is 0 Å². The number of rotatable bonds is 4. The molecule has 4 aromatic rings. The van der Waals surface area contributed by atoms with Gasteiger partial charge in [0, 0.05) is 10.8 Å². The Morgan fingerprint density at radius 3 is 2.14 bits per heavy atom. The lowest BCUT2D eigenvalue weighted by Gasteiger charge is -2.17. The zero-order valence-corrected chi connectivity index (χ0v) is 15.6. The second-order valence-corrected chi connectivity index (χ2v) is 7.37. The second-order valence-electron chi connectivity index (χ2n) is 7.37. The fourth-order valence-electron chi connectivity index (χ4n) is 4.22. The van der Waals surface area contributed by atoms with Crippen LogP contribution in [-0.2, 0) is 10.2 Å². The minimum Gasteiger partial charge on any atom is -0.493 e. The number of aromatic hydroxyl groups is 1. The summed E-state index contributed by atoms with van der Waals surface area (Å²) >= 11 is 0. The molecule has 2 N–H and O–H groups in total. The molecule has 5 nitrogen and oxygen atoms in total. The third-order valence-electron chi connectivity index (χ3n) is 5.74. The van der Waals surface area contributed by atoms with Gasteiger partial charge in [0.25, 0.3) is 5.91 Å². The number of nitrogens with one attached hydrogen (secondary N) is 1. The van der Waals surface area contributed by atoms with Crippen LogP contribution in [0.15, 0.2) is 95.2 Å². The molecule has 0 bridgehead atoms. The maximum Gasteiger partial charge on any atom is 0.269 e. The van der Waals surface area contributed by atoms with Gasteiger partial charge in [0.05, 0.1) is 11.4 Å². The van der Waals surface area contributed by atoms with Crippen LogP contribution in [0.4, 0.5) is 5.69 Å². The molecule has 1 fully saturated rings. The quantitative estimate of drug-likeness (QED) is 0.459. The number of hydrogen-bond donors (Lipinski definition) is 2. The highest BCUT2D eigenvalue weighted by molar-refractivity contribution is 5.94. The fourth-order valence-corrected chi connectivity index (χ4v) is 4.22. The zero-order valence-electron chi connectivity index (χ0n) is 15.6. The van der Waals surface area contributed by atoms with E-state index in [0.717, 1.165) is 22.0 Å². The molecule has 1 unspecified atom stereocenters. The van der Waals surface area contributed by atoms with Crippen molar-refractivity contribution in [1.82, 2.24) is 4.98 Å². The van der Waals surface area contributed by atoms with Crippen LogP contribution in [-0.4, -0.2) is 16.0 Å². The van der Waals surface area contributed by atoms with Gasteiger partial charge in [-0.2, -0.15) is 0 Å². The van der Waals surface area contributed by atoms with Gasteiger partial charge in [-0.25, -0.2) is 0 Å². The van der Waals surface area contributed by atoms with Crippen LogP contribution in [0, 0.1) is 5.92 Å². The summed E-state index contributed by atoms with van der Waals surface area (Å²) in [6, 6.07) is 27.5. The molecule has 0 radical (unpaired) electrons. The van der Waals surface area contributed by atoms with Gasteiger partial charge in [0.15, 0.2) is 5.69 Å². The first-order valence-corrected chi connectivity index (χ1v) is 9.56. The molecule has 29 heavy (non-hydrogen) atoms. The van der Waals surface area contributed by atoms with E-state index in [1.807, 2.05) is 60.7 Å². The Morgan fingerprint density at radius 2 is 1.48 bits per heavy atom. The number of azo groups is 1. The monoisotopic (exact) mass is 381 g/mol. The summed E-state index contributed by atoms with van der Waals surface area (Å²) in [7, 11) is 0. The molecule has 5 rings (SSSR count). The van der Waals surface area contributed by atoms with E-state index >= 15 is 0 Å². The van der Waals surface area contributed by atoms with Crippen molar-refractivity contribution in [2.75, 3.05) is 0 Å². The first-order valence-electron chi connectivity index (χ1n) is 9.56. The van der Waals surface area contributed by atoms with E-state index in [9.17, 15) is 9.90 Å². The van der Waals surface area contributed by atoms with Crippen molar-refractivity contribution < 1.29 is 9.90 Å². The van der Waals surface area contributed by atoms with E-state index in [-0.39, 0.29) is 23.1 Å². The van der Waals surface area contributed by atoms with Gasteiger partial charge in [-0.05, 0) is 23.6 Å². The number of nitrogens with zero attached hydrogens (tertiary/aromatic N) is 2. The van der Waals surface area contributed by atoms with Crippen molar-refractivity contribution in [3.8, 4) is 5.88 Å². The Labute approximate surface area is 167 Å². The number of para-hydroxylation sites is 1. The van der Waals surface area contributed by atoms with Gasteiger partial charge in [0.2, 0.25) is 5.88 Å². The molecule has 1 atom stereocenters. The number of carbonyl (C=O) groups excluding carboxylic acids is 1. The van der Waals surface area contributed by atoms with Crippen LogP contribution in [0.3, 0.4) is 0 Å². The first-order chi connectivity index (χ1) is 14.2. The topological polar surface area (TPSA) is 77.8 Å². The lowest BCUT2D eigenvalue weighted by molar-refractivity contribution is -0.119. The van der Waals surface area contributed by atoms with Crippen LogP contribution < -0.4 is 0 Å². The molecule has 1 aliphatic carbocycles. The molecule has 0 aliphatic heterocycles. The highest BCUT2D eigenvalue weighted by Gasteiger charge is 2.60. The summed E-state index contributed by atoms with van der Waals surface area (Å²) in [4.78, 5) is 15.8. The average molecular weight is 381 g/mol. The Hall–Kier alpha value is -3.73. The molecule has 1 aliphatic rings. The summed E-state index contributed by atoms with van der Waals surface area (Å²) in [5.74, 6) is -0.637. The minimum atomic E-state index is -0.374. The third-order valence-corrected chi connectivity index (χ3v) is 5.74. The van der Waals surface area contributed by atoms with Gasteiger partial charge >= 0.3 is 0 Å². The van der Waals surface area contributed by atoms with Crippen LogP contribution in [0.1, 0.15) is 17.5 Å². The van der Waals surface area contributed by atoms with Crippen molar-refractivity contribution >= 4 is 22.5 Å². The number of carbonyl (C=O) groups is 1. The van der Waals surface area contributed by atoms with Gasteiger partial charge in [-0.3, -0.25) is 4.79 Å². The zero-order chi connectivity index (χ0) is 19.8. The Kier molecular flexibility index (Phi) is 4.02. The highest BCUT2D eigenvalue weighted by atomic mass is 16.3. The molecule has 3 aromatic carbocycles. The van der Waals surface area contributed by atoms with E-state index in [1.165, 1.54) is 0 Å². The van der Waals surface area contributed by atoms with Crippen LogP contribution >= 0.6 is 0 Å². The number of benzene rings is 3. The van der Waals surface area contributed by atoms with E-state index in [2.05, 4.69) is 39.5 Å². The van der Waals surface area contributed by atoms with Crippen molar-refractivity contribution in [2.45, 2.75) is 11.8 Å². The molecule has 1 saturated carbocycles. The van der Waals surface area contributed by atoms with Crippen molar-refractivity contribution in [1.29, 1.82) is 0 Å². The van der Waals surface area contributed by atoms with Crippen molar-refractivity contribution in [3.63, 3.8) is 0 Å². The molecule has 142 valence electrons. The summed E-state index contributed by atoms with van der Waals surface area (Å²) in [5, 5.41) is 19.0. The number of H-pyrrole nitrogens is 1. The van der Waals surface area contributed by atoms with Gasteiger partial charge in [0.1, 0.15) is 0 Å². The predicted octanol–water partition coefficient (Wildman–Crippen LogP) is 5.49. The highest BCUT2D eigenvalue weighted by Crippen LogP contribution is 2.59. The Bertz CT molecular complexity index is 1170. The first kappa shape index (κ1) is 17.4. The standard InChI is InChI=1S/C24H19N3O2/c28-22(27-26-21-18-13-7-8-14-20(18)25-23(21)29)19-15-24(19,16-9-3-1-4-10-16)17-11-5-2-6-12-17/h1-14,19,25,29H,15H2. The summed E-state index contributed by atoms with van der Waals surface area (Å²) in [6.07, 6.45) is 0.693. The molecule has 0 saturated heterocycles. The maximum absolute atomic E-state index is 13.0. The molecule has 1 aromatic heterocycles. The molecule has 0 spiro atoms. The lowest BCUT2D eigenvalue weighted by Crippen LogP contribution is -2.16. The molecular formula is C24H19N3O2. The van der Waals surface area contributed by atoms with E-state index in [0.29, 0.717) is 12.1 Å². The maximum atomic E-state index is 13.0. The molecule has 5 heteroatoms. The van der Waals surface area contributed by atoms with Crippen molar-refractivity contribution in [3.05, 3.63) is 96.1 Å². The number of fused-ring (bicyclic) bond motifs is 1. The largest absolute Gasteiger partial charge is 0.493 e. The summed E-state index contributed by atoms with van der Waals surface area (Å²) in [5.41, 5.74) is 2.88. The Balaban J connectivity index is 1.48. The third kappa shape index (κ3) is 2.83. The number of aromatic nitrogens is 1. The fraction of sp³-hybridized carbons (Fsp3) is 0.125. The van der Waals surface area contributed by atoms with E-state index < -0.39 is 0 Å². The normalized spacial score (nSPS) is 17.6. The van der Waals surface area contributed by atoms with Gasteiger partial charge in [-0.1, -0.05) is 78.9 Å². The van der Waals surface area contributed by atoms with E-state index in [1.54, 1.807) is 0 Å². The minimum absolute atomic E-state index is 0.0871. The summed E-state index contributed by atoms with van der Waals surface area (Å²) in [6.45, 7) is 0. The second kappa shape index (κ2) is 6.71. The number of hydrogen-bond acceptors (Lipinski definition) is 3. The SMILES string of the molecule is O=C(N=Nc1c(O)[nH]c2ccccc12)C1CC1(c1ccccc1)c1ccccc1. The van der Waals surface area contributed by atoms with Gasteiger partial charge in [-0.15, -0.1) is 10.2 Å². The molecule has 1 heterocycles. The molecular weight excluding hydrogens is 362 g/mol. The number of aromatic amines is 1. The smallest absolute Gasteiger partial charge is 0.269 e. The van der Waals surface area contributed by atoms with Gasteiger partial charge < -0.3 is 10.1 Å². The van der Waals surface area contributed by atoms with Crippen LogP contribution in [0.2, 0.25) is 0 Å². The number of amides is 1. The van der Waals surface area contributed by atoms with Crippen LogP contribution in [0.5, 0.6) is 5.88 Å². The van der Waals surface area contributed by atoms with Crippen LogP contribution in [0.25, 0.3) is 10.9 Å². The Morgan fingerprint density at radius 1 is 0.897 bits per heavy atom. The predicted molar refractivity (Wildman–Crippen MR) is 111 cm³/mol. The van der Waals surface area contributed by atoms with Crippen molar-refractivity contribution in [2.24, 2.45) is 16.1 Å². The summed E-state index contributed by atoms with van der Waals surface area (Å²) < 4.78 is 0.